The summed E-state index contributed by atoms with van der Waals surface area (Å²) in [5, 5.41) is 3.64. The van der Waals surface area contributed by atoms with E-state index in [0.29, 0.717) is 35.5 Å². The van der Waals surface area contributed by atoms with Gasteiger partial charge in [-0.25, -0.2) is 4.98 Å². The molecule has 1 atom stereocenters. The van der Waals surface area contributed by atoms with Crippen molar-refractivity contribution in [1.82, 2.24) is 14.9 Å². The second-order valence-corrected chi connectivity index (χ2v) is 6.27. The molecule has 2 rings (SSSR count). The van der Waals surface area contributed by atoms with E-state index in [2.05, 4.69) is 24.1 Å². The van der Waals surface area contributed by atoms with E-state index in [4.69, 9.17) is 0 Å². The van der Waals surface area contributed by atoms with Crippen LogP contribution in [0.5, 0.6) is 0 Å². The summed E-state index contributed by atoms with van der Waals surface area (Å²) in [6, 6.07) is 0. The van der Waals surface area contributed by atoms with E-state index in [1.54, 1.807) is 17.7 Å². The van der Waals surface area contributed by atoms with Gasteiger partial charge in [-0.15, -0.1) is 0 Å². The predicted molar refractivity (Wildman–Crippen MR) is 75.3 cm³/mol. The number of nitrogens with one attached hydrogen (secondary N) is 1. The van der Waals surface area contributed by atoms with E-state index in [1.165, 1.54) is 11.8 Å². The SMILES string of the molecule is Cc1cnc2n(c1=O)CC(C(=O)NCC(C)C)CS2. The summed E-state index contributed by atoms with van der Waals surface area (Å²) in [6.45, 7) is 6.97. The van der Waals surface area contributed by atoms with Gasteiger partial charge in [-0.2, -0.15) is 0 Å². The number of nitrogens with zero attached hydrogens (tertiary/aromatic N) is 2. The molecule has 2 heterocycles. The van der Waals surface area contributed by atoms with Crippen LogP contribution in [0.2, 0.25) is 0 Å². The average Bonchev–Trinajstić information content (AvgIpc) is 2.40. The van der Waals surface area contributed by atoms with Gasteiger partial charge < -0.3 is 5.32 Å². The quantitative estimate of drug-likeness (QED) is 0.841. The third kappa shape index (κ3) is 3.18. The first-order chi connectivity index (χ1) is 8.99. The molecule has 0 fully saturated rings. The lowest BCUT2D eigenvalue weighted by Crippen LogP contribution is -2.41. The molecule has 0 bridgehead atoms. The Bertz CT molecular complexity index is 539. The van der Waals surface area contributed by atoms with Gasteiger partial charge in [-0.05, 0) is 12.8 Å². The van der Waals surface area contributed by atoms with Gasteiger partial charge in [0, 0.05) is 30.6 Å². The van der Waals surface area contributed by atoms with E-state index >= 15 is 0 Å². The van der Waals surface area contributed by atoms with Gasteiger partial charge in [0.25, 0.3) is 5.56 Å². The van der Waals surface area contributed by atoms with Crippen molar-refractivity contribution in [3.05, 3.63) is 22.1 Å². The van der Waals surface area contributed by atoms with E-state index < -0.39 is 0 Å². The number of fused-ring (bicyclic) bond motifs is 1. The third-order valence-electron chi connectivity index (χ3n) is 3.05. The first-order valence-electron chi connectivity index (χ1n) is 6.46. The maximum atomic E-state index is 12.0. The largest absolute Gasteiger partial charge is 0.356 e. The van der Waals surface area contributed by atoms with E-state index in [1.807, 2.05) is 0 Å². The van der Waals surface area contributed by atoms with Crippen molar-refractivity contribution >= 4 is 17.7 Å². The molecule has 0 spiro atoms. The number of aromatic nitrogens is 2. The van der Waals surface area contributed by atoms with Crippen molar-refractivity contribution in [2.45, 2.75) is 32.5 Å². The summed E-state index contributed by atoms with van der Waals surface area (Å²) in [7, 11) is 0. The van der Waals surface area contributed by atoms with Crippen LogP contribution in [0, 0.1) is 18.8 Å². The summed E-state index contributed by atoms with van der Waals surface area (Å²) >= 11 is 1.47. The molecule has 19 heavy (non-hydrogen) atoms. The number of carbonyl (C=O) groups is 1. The van der Waals surface area contributed by atoms with Crippen molar-refractivity contribution in [3.8, 4) is 0 Å². The lowest BCUT2D eigenvalue weighted by molar-refractivity contribution is -0.125. The standard InChI is InChI=1S/C13H19N3O2S/c1-8(2)4-14-11(17)10-6-16-12(18)9(3)5-15-13(16)19-7-10/h5,8,10H,4,6-7H2,1-3H3,(H,14,17). The predicted octanol–water partition coefficient (Wildman–Crippen LogP) is 1.05. The maximum absolute atomic E-state index is 12.0. The highest BCUT2D eigenvalue weighted by Crippen LogP contribution is 2.24. The van der Waals surface area contributed by atoms with Crippen LogP contribution >= 0.6 is 11.8 Å². The summed E-state index contributed by atoms with van der Waals surface area (Å²) in [6.07, 6.45) is 1.60. The second-order valence-electron chi connectivity index (χ2n) is 5.29. The molecule has 0 saturated heterocycles. The van der Waals surface area contributed by atoms with Crippen molar-refractivity contribution < 1.29 is 4.79 Å². The number of hydrogen-bond acceptors (Lipinski definition) is 4. The minimum atomic E-state index is -0.155. The molecule has 1 aliphatic rings. The van der Waals surface area contributed by atoms with Gasteiger partial charge in [0.2, 0.25) is 5.91 Å². The normalized spacial score (nSPS) is 18.2. The van der Waals surface area contributed by atoms with Crippen LogP contribution in [0.15, 0.2) is 16.1 Å². The van der Waals surface area contributed by atoms with Crippen LogP contribution in [0.3, 0.4) is 0 Å². The van der Waals surface area contributed by atoms with Crippen molar-refractivity contribution in [3.63, 3.8) is 0 Å². The highest BCUT2D eigenvalue weighted by molar-refractivity contribution is 7.99. The van der Waals surface area contributed by atoms with Gasteiger partial charge in [0.1, 0.15) is 0 Å². The highest BCUT2D eigenvalue weighted by Gasteiger charge is 2.26. The maximum Gasteiger partial charge on any atom is 0.257 e. The molecular formula is C13H19N3O2S. The smallest absolute Gasteiger partial charge is 0.257 e. The van der Waals surface area contributed by atoms with Crippen LogP contribution in [0.1, 0.15) is 19.4 Å². The first kappa shape index (κ1) is 14.1. The van der Waals surface area contributed by atoms with E-state index in [9.17, 15) is 9.59 Å². The second kappa shape index (κ2) is 5.77. The Morgan fingerprint density at radius 2 is 2.37 bits per heavy atom. The molecule has 0 aromatic carbocycles. The zero-order chi connectivity index (χ0) is 14.0. The Hall–Kier alpha value is -1.30. The number of hydrogen-bond donors (Lipinski definition) is 1. The fourth-order valence-corrected chi connectivity index (χ4v) is 2.96. The molecule has 0 radical (unpaired) electrons. The number of aryl methyl sites for hydroxylation is 1. The molecule has 104 valence electrons. The summed E-state index contributed by atoms with van der Waals surface area (Å²) in [5.74, 6) is 0.983. The number of carbonyl (C=O) groups excluding carboxylic acids is 1. The van der Waals surface area contributed by atoms with Crippen LogP contribution in [0.25, 0.3) is 0 Å². The Kier molecular flexibility index (Phi) is 4.29. The zero-order valence-corrected chi connectivity index (χ0v) is 12.3. The lowest BCUT2D eigenvalue weighted by atomic mass is 10.1. The van der Waals surface area contributed by atoms with Gasteiger partial charge in [-0.1, -0.05) is 25.6 Å². The summed E-state index contributed by atoms with van der Waals surface area (Å²) in [5.41, 5.74) is 0.575. The molecule has 0 aliphatic carbocycles. The van der Waals surface area contributed by atoms with Gasteiger partial charge >= 0.3 is 0 Å². The average molecular weight is 281 g/mol. The van der Waals surface area contributed by atoms with Crippen molar-refractivity contribution in [2.24, 2.45) is 11.8 Å². The highest BCUT2D eigenvalue weighted by atomic mass is 32.2. The Morgan fingerprint density at radius 3 is 3.05 bits per heavy atom. The Balaban J connectivity index is 2.11. The van der Waals surface area contributed by atoms with Crippen LogP contribution in [0.4, 0.5) is 0 Å². The summed E-state index contributed by atoms with van der Waals surface area (Å²) < 4.78 is 1.61. The van der Waals surface area contributed by atoms with Crippen LogP contribution in [-0.4, -0.2) is 27.8 Å². The number of rotatable bonds is 3. The molecule has 6 heteroatoms. The third-order valence-corrected chi connectivity index (χ3v) is 4.21. The molecule has 1 N–H and O–H groups in total. The Labute approximate surface area is 116 Å². The monoisotopic (exact) mass is 281 g/mol. The minimum Gasteiger partial charge on any atom is -0.356 e. The van der Waals surface area contributed by atoms with Gasteiger partial charge in [0.05, 0.1) is 5.92 Å². The van der Waals surface area contributed by atoms with Gasteiger partial charge in [0.15, 0.2) is 5.16 Å². The molecule has 5 nitrogen and oxygen atoms in total. The molecule has 0 saturated carbocycles. The van der Waals surface area contributed by atoms with Crippen molar-refractivity contribution in [2.75, 3.05) is 12.3 Å². The fraction of sp³-hybridized carbons (Fsp3) is 0.615. The Morgan fingerprint density at radius 1 is 1.63 bits per heavy atom. The molecule has 1 unspecified atom stereocenters. The van der Waals surface area contributed by atoms with Gasteiger partial charge in [-0.3, -0.25) is 14.2 Å². The minimum absolute atomic E-state index is 0.0280. The molecule has 1 aromatic heterocycles. The van der Waals surface area contributed by atoms with Crippen LogP contribution in [-0.2, 0) is 11.3 Å². The fourth-order valence-electron chi connectivity index (χ4n) is 1.91. The van der Waals surface area contributed by atoms with E-state index in [0.717, 1.165) is 0 Å². The topological polar surface area (TPSA) is 64.0 Å². The number of thioether (sulfide) groups is 1. The first-order valence-corrected chi connectivity index (χ1v) is 7.44. The van der Waals surface area contributed by atoms with Crippen molar-refractivity contribution in [1.29, 1.82) is 0 Å². The zero-order valence-electron chi connectivity index (χ0n) is 11.5. The molecule has 1 amide bonds. The van der Waals surface area contributed by atoms with E-state index in [-0.39, 0.29) is 17.4 Å². The van der Waals surface area contributed by atoms with Crippen LogP contribution < -0.4 is 10.9 Å². The number of amides is 1. The summed E-state index contributed by atoms with van der Waals surface area (Å²) in [4.78, 5) is 28.3. The molecular weight excluding hydrogens is 262 g/mol. The molecule has 1 aliphatic heterocycles. The lowest BCUT2D eigenvalue weighted by Gasteiger charge is -2.24. The molecule has 1 aromatic rings.